The second kappa shape index (κ2) is 11.3. The lowest BCUT2D eigenvalue weighted by atomic mass is 9.99. The molecule has 2 amide bonds. The van der Waals surface area contributed by atoms with E-state index in [1.807, 2.05) is 0 Å². The molecule has 0 unspecified atom stereocenters. The minimum atomic E-state index is -0.304. The summed E-state index contributed by atoms with van der Waals surface area (Å²) in [5.41, 5.74) is 10.8. The second-order valence-electron chi connectivity index (χ2n) is 4.54. The molecule has 1 fully saturated rings. The third-order valence-electron chi connectivity index (χ3n) is 3.06. The first kappa shape index (κ1) is 16.5. The molecule has 20 heavy (non-hydrogen) atoms. The van der Waals surface area contributed by atoms with Gasteiger partial charge in [0.25, 0.3) is 0 Å². The number of piperidine rings is 1. The van der Waals surface area contributed by atoms with Crippen LogP contribution in [0.15, 0.2) is 11.8 Å². The van der Waals surface area contributed by atoms with E-state index < -0.39 is 0 Å². The van der Waals surface area contributed by atoms with E-state index in [1.54, 1.807) is 13.1 Å². The molecule has 2 aliphatic heterocycles. The first-order valence-corrected chi connectivity index (χ1v) is 7.04. The quantitative estimate of drug-likeness (QED) is 0.582. The molecule has 0 aliphatic carbocycles. The molecule has 6 heteroatoms. The molecule has 2 heterocycles. The lowest BCUT2D eigenvalue weighted by Gasteiger charge is -2.18. The van der Waals surface area contributed by atoms with Crippen molar-refractivity contribution in [2.75, 3.05) is 19.6 Å². The maximum atomic E-state index is 10.5. The molecule has 1 atom stereocenters. The molecule has 0 radical (unpaired) electrons. The molecule has 0 saturated carbocycles. The van der Waals surface area contributed by atoms with E-state index >= 15 is 0 Å². The number of hydrogen-bond donors (Lipinski definition) is 4. The van der Waals surface area contributed by atoms with Crippen LogP contribution in [0.25, 0.3) is 0 Å². The Balaban J connectivity index is 0.000000322. The Bertz CT molecular complexity index is 342. The van der Waals surface area contributed by atoms with Crippen LogP contribution >= 0.6 is 0 Å². The fourth-order valence-corrected chi connectivity index (χ4v) is 1.94. The van der Waals surface area contributed by atoms with Gasteiger partial charge < -0.3 is 22.1 Å². The van der Waals surface area contributed by atoms with Crippen molar-refractivity contribution in [2.45, 2.75) is 39.5 Å². The highest BCUT2D eigenvalue weighted by Crippen LogP contribution is 2.07. The number of primary amides is 2. The highest BCUT2D eigenvalue weighted by atomic mass is 16.1. The van der Waals surface area contributed by atoms with Gasteiger partial charge in [-0.15, -0.1) is 0 Å². The van der Waals surface area contributed by atoms with Gasteiger partial charge in [-0.3, -0.25) is 9.59 Å². The van der Waals surface area contributed by atoms with E-state index in [4.69, 9.17) is 12.8 Å². The zero-order chi connectivity index (χ0) is 16.1. The van der Waals surface area contributed by atoms with Crippen molar-refractivity contribution in [3.8, 4) is 0 Å². The Morgan fingerprint density at radius 1 is 1.35 bits per heavy atom. The normalized spacial score (nSPS) is 21.6. The predicted octanol–water partition coefficient (Wildman–Crippen LogP) is 0.237. The van der Waals surface area contributed by atoms with Crippen molar-refractivity contribution in [3.05, 3.63) is 11.8 Å². The summed E-state index contributed by atoms with van der Waals surface area (Å²) >= 11 is 0. The summed E-state index contributed by atoms with van der Waals surface area (Å²) in [5, 5.41) is 6.07. The predicted molar refractivity (Wildman–Crippen MR) is 80.7 cm³/mol. The molecule has 0 spiro atoms. The monoisotopic (exact) mass is 285 g/mol. The summed E-state index contributed by atoms with van der Waals surface area (Å²) in [4.78, 5) is 21.0. The lowest BCUT2D eigenvalue weighted by molar-refractivity contribution is -0.122. The molecule has 1 saturated heterocycles. The van der Waals surface area contributed by atoms with Crippen molar-refractivity contribution in [1.29, 1.82) is 0 Å². The molecule has 0 aromatic heterocycles. The first-order chi connectivity index (χ1) is 10.0. The van der Waals surface area contributed by atoms with Crippen LogP contribution in [-0.2, 0) is 9.59 Å². The molecule has 2 aliphatic rings. The Hall–Kier alpha value is -1.56. The average molecular weight is 285 g/mol. The molecule has 0 aromatic carbocycles. The largest absolute Gasteiger partial charge is 0.391 e. The number of nitrogens with two attached hydrogens (primary N) is 2. The minimum absolute atomic E-state index is 0.0822. The number of rotatable bonds is 2. The summed E-state index contributed by atoms with van der Waals surface area (Å²) in [6.07, 6.45) is 5.57. The van der Waals surface area contributed by atoms with E-state index in [9.17, 15) is 9.59 Å². The zero-order valence-corrected chi connectivity index (χ0v) is 12.3. The van der Waals surface area contributed by atoms with Crippen LogP contribution in [0.3, 0.4) is 0 Å². The van der Waals surface area contributed by atoms with E-state index in [0.717, 1.165) is 45.3 Å². The highest BCUT2D eigenvalue weighted by molar-refractivity contribution is 5.91. The van der Waals surface area contributed by atoms with Gasteiger partial charge in [-0.25, -0.2) is 0 Å². The summed E-state index contributed by atoms with van der Waals surface area (Å²) in [5.74, 6) is -0.386. The van der Waals surface area contributed by atoms with Gasteiger partial charge in [0.05, 0.1) is 5.92 Å². The van der Waals surface area contributed by atoms with Crippen molar-refractivity contribution >= 4 is 11.8 Å². The first-order valence-electron chi connectivity index (χ1n) is 7.75. The molecule has 0 bridgehead atoms. The van der Waals surface area contributed by atoms with Gasteiger partial charge in [-0.05, 0) is 32.2 Å². The lowest BCUT2D eigenvalue weighted by Crippen LogP contribution is -2.37. The van der Waals surface area contributed by atoms with Crippen LogP contribution in [-0.4, -0.2) is 31.4 Å². The van der Waals surface area contributed by atoms with E-state index in [-0.39, 0.29) is 17.7 Å². The van der Waals surface area contributed by atoms with Gasteiger partial charge in [0.15, 0.2) is 0 Å². The van der Waals surface area contributed by atoms with Crippen molar-refractivity contribution < 1.29 is 11.0 Å². The average Bonchev–Trinajstić information content (AvgIpc) is 2.50. The number of nitrogens with one attached hydrogen (secondary N) is 2. The van der Waals surface area contributed by atoms with Gasteiger partial charge in [0.2, 0.25) is 11.8 Å². The molecule has 116 valence electrons. The van der Waals surface area contributed by atoms with Crippen LogP contribution in [0, 0.1) is 5.92 Å². The second-order valence-corrected chi connectivity index (χ2v) is 4.54. The fourth-order valence-electron chi connectivity index (χ4n) is 1.94. The van der Waals surface area contributed by atoms with Gasteiger partial charge >= 0.3 is 0 Å². The molecule has 6 nitrogen and oxygen atoms in total. The van der Waals surface area contributed by atoms with Gasteiger partial charge in [-0.1, -0.05) is 13.8 Å². The van der Waals surface area contributed by atoms with Crippen LogP contribution < -0.4 is 22.1 Å². The summed E-state index contributed by atoms with van der Waals surface area (Å²) in [6, 6.07) is 0. The van der Waals surface area contributed by atoms with E-state index in [1.165, 1.54) is 0 Å². The maximum Gasteiger partial charge on any atom is 0.246 e. The van der Waals surface area contributed by atoms with Crippen molar-refractivity contribution in [3.63, 3.8) is 0 Å². The fraction of sp³-hybridized carbons (Fsp3) is 0.714. The van der Waals surface area contributed by atoms with Crippen molar-refractivity contribution in [2.24, 2.45) is 17.4 Å². The van der Waals surface area contributed by atoms with Crippen molar-refractivity contribution in [1.82, 2.24) is 10.6 Å². The minimum Gasteiger partial charge on any atom is -0.391 e. The number of amides is 2. The van der Waals surface area contributed by atoms with Crippen LogP contribution in [0.4, 0.5) is 0 Å². The Morgan fingerprint density at radius 2 is 2.05 bits per heavy atom. The third-order valence-corrected chi connectivity index (χ3v) is 3.06. The molecule has 6 N–H and O–H groups in total. The van der Waals surface area contributed by atoms with Gasteiger partial charge in [0, 0.05) is 26.2 Å². The Labute approximate surface area is 122 Å². The molecular weight excluding hydrogens is 256 g/mol. The molecule has 2 rings (SSSR count). The van der Waals surface area contributed by atoms with Crippen LogP contribution in [0.2, 0.25) is 0 Å². The Kier molecular flexibility index (Phi) is 9.30. The number of carbonyl (C=O) groups is 2. The summed E-state index contributed by atoms with van der Waals surface area (Å²) in [7, 11) is 0. The van der Waals surface area contributed by atoms with Gasteiger partial charge in [0.1, 0.15) is 0 Å². The van der Waals surface area contributed by atoms with E-state index in [2.05, 4.69) is 10.6 Å². The SMILES string of the molecule is NC(=O)C1=CNCCC1.NC(=O)[C@H]1CCCNC1.[2H]CC. The van der Waals surface area contributed by atoms with E-state index in [0.29, 0.717) is 12.5 Å². The molecular formula is C14H28N4O2. The number of hydrogen-bond acceptors (Lipinski definition) is 4. The number of carbonyl (C=O) groups excluding carboxylic acids is 2. The zero-order valence-electron chi connectivity index (χ0n) is 13.3. The smallest absolute Gasteiger partial charge is 0.246 e. The molecule has 0 aromatic rings. The highest BCUT2D eigenvalue weighted by Gasteiger charge is 2.17. The Morgan fingerprint density at radius 3 is 2.35 bits per heavy atom. The topological polar surface area (TPSA) is 110 Å². The standard InChI is InChI=1S/C6H12N2O.C6H10N2O.C2H6/c2*7-6(9)5-2-1-3-8-4-5;1-2/h5,8H,1-4H2,(H2,7,9);4,8H,1-3H2,(H2,7,9);1-2H3/t5-;;/m0../s1/i;;1D. The summed E-state index contributed by atoms with van der Waals surface area (Å²) < 4.78 is 6.21. The van der Waals surface area contributed by atoms with Crippen LogP contribution in [0.5, 0.6) is 0 Å². The maximum absolute atomic E-state index is 10.5. The summed E-state index contributed by atoms with van der Waals surface area (Å²) in [6.45, 7) is 5.05. The van der Waals surface area contributed by atoms with Gasteiger partial charge in [-0.2, -0.15) is 0 Å². The van der Waals surface area contributed by atoms with Crippen LogP contribution in [0.1, 0.15) is 40.9 Å². The third kappa shape index (κ3) is 7.78.